The van der Waals surface area contributed by atoms with E-state index in [0.29, 0.717) is 33.7 Å². The lowest BCUT2D eigenvalue weighted by atomic mass is 9.85. The molecular formula is C22H20FN3O3S. The van der Waals surface area contributed by atoms with Crippen molar-refractivity contribution in [2.75, 3.05) is 31.7 Å². The zero-order valence-corrected chi connectivity index (χ0v) is 17.4. The third kappa shape index (κ3) is 3.35. The number of carbonyl (C=O) groups is 1. The molecule has 8 heteroatoms. The molecule has 1 fully saturated rings. The molecule has 0 aliphatic carbocycles. The number of fused-ring (bicyclic) bond motifs is 1. The van der Waals surface area contributed by atoms with E-state index in [4.69, 9.17) is 9.47 Å². The molecule has 2 aromatic rings. The number of benzene rings is 2. The molecule has 0 aromatic heterocycles. The zero-order chi connectivity index (χ0) is 21.3. The quantitative estimate of drug-likeness (QED) is 0.736. The van der Waals surface area contributed by atoms with Gasteiger partial charge in [0.25, 0.3) is 0 Å². The maximum atomic E-state index is 14.2. The molecule has 2 heterocycles. The number of hydrogen-bond acceptors (Lipinski definition) is 6. The van der Waals surface area contributed by atoms with Crippen molar-refractivity contribution >= 4 is 23.4 Å². The summed E-state index contributed by atoms with van der Waals surface area (Å²) < 4.78 is 25.1. The molecule has 30 heavy (non-hydrogen) atoms. The lowest BCUT2D eigenvalue weighted by molar-refractivity contribution is -0.129. The Kier molecular flexibility index (Phi) is 5.55. The molecule has 6 nitrogen and oxygen atoms in total. The highest BCUT2D eigenvalue weighted by atomic mass is 32.2. The highest BCUT2D eigenvalue weighted by Crippen LogP contribution is 2.47. The molecule has 154 valence electrons. The van der Waals surface area contributed by atoms with Crippen molar-refractivity contribution in [1.29, 1.82) is 5.26 Å². The van der Waals surface area contributed by atoms with Crippen molar-refractivity contribution < 1.29 is 18.7 Å². The Hall–Kier alpha value is -3.18. The fourth-order valence-corrected chi connectivity index (χ4v) is 5.03. The summed E-state index contributed by atoms with van der Waals surface area (Å²) in [6.45, 7) is 0.204. The van der Waals surface area contributed by atoms with Crippen LogP contribution < -0.4 is 14.4 Å². The second-order valence-electron chi connectivity index (χ2n) is 6.90. The van der Waals surface area contributed by atoms with Gasteiger partial charge in [0.15, 0.2) is 11.5 Å². The molecule has 1 atom stereocenters. The van der Waals surface area contributed by atoms with E-state index in [1.807, 2.05) is 12.1 Å². The standard InChI is InChI=1S/C22H20FN3O3S/c1-28-19-9-5-6-14(21(19)29-2)15-10-20(27)26-12-25(13-30-22(26)16(15)11-24)18-8-4-3-7-17(18)23/h3-9,15H,10,12-13H2,1-2H3. The van der Waals surface area contributed by atoms with E-state index in [1.165, 1.54) is 17.8 Å². The molecule has 2 aliphatic rings. The maximum Gasteiger partial charge on any atom is 0.229 e. The number of rotatable bonds is 4. The summed E-state index contributed by atoms with van der Waals surface area (Å²) in [5, 5.41) is 10.6. The average Bonchev–Trinajstić information content (AvgIpc) is 2.78. The predicted molar refractivity (Wildman–Crippen MR) is 113 cm³/mol. The summed E-state index contributed by atoms with van der Waals surface area (Å²) >= 11 is 1.37. The Labute approximate surface area is 178 Å². The third-order valence-corrected chi connectivity index (χ3v) is 6.45. The summed E-state index contributed by atoms with van der Waals surface area (Å²) in [7, 11) is 3.09. The molecule has 1 amide bonds. The minimum atomic E-state index is -0.425. The number of halogens is 1. The summed E-state index contributed by atoms with van der Waals surface area (Å²) in [6, 6.07) is 14.2. The van der Waals surface area contributed by atoms with Crippen LogP contribution in [0.15, 0.2) is 53.1 Å². The van der Waals surface area contributed by atoms with Crippen LogP contribution in [0.3, 0.4) is 0 Å². The summed E-state index contributed by atoms with van der Waals surface area (Å²) in [4.78, 5) is 16.4. The van der Waals surface area contributed by atoms with Gasteiger partial charge in [-0.25, -0.2) is 4.39 Å². The van der Waals surface area contributed by atoms with E-state index in [2.05, 4.69) is 6.07 Å². The Morgan fingerprint density at radius 2 is 1.97 bits per heavy atom. The van der Waals surface area contributed by atoms with E-state index in [-0.39, 0.29) is 24.8 Å². The summed E-state index contributed by atoms with van der Waals surface area (Å²) in [5.74, 6) is 0.628. The van der Waals surface area contributed by atoms with E-state index < -0.39 is 5.92 Å². The van der Waals surface area contributed by atoms with Crippen LogP contribution >= 0.6 is 11.8 Å². The van der Waals surface area contributed by atoms with Gasteiger partial charge in [-0.3, -0.25) is 9.69 Å². The van der Waals surface area contributed by atoms with E-state index in [0.717, 1.165) is 5.56 Å². The van der Waals surface area contributed by atoms with Crippen molar-refractivity contribution in [3.63, 3.8) is 0 Å². The molecule has 0 radical (unpaired) electrons. The first-order chi connectivity index (χ1) is 14.6. The Morgan fingerprint density at radius 3 is 2.67 bits per heavy atom. The number of carbonyl (C=O) groups excluding carboxylic acids is 1. The van der Waals surface area contributed by atoms with Crippen molar-refractivity contribution in [2.24, 2.45) is 0 Å². The number of para-hydroxylation sites is 2. The number of nitrogens with zero attached hydrogens (tertiary/aromatic N) is 3. The van der Waals surface area contributed by atoms with Crippen molar-refractivity contribution in [3.8, 4) is 17.6 Å². The Balaban J connectivity index is 1.72. The lowest BCUT2D eigenvalue weighted by Gasteiger charge is -2.42. The molecule has 1 saturated heterocycles. The van der Waals surface area contributed by atoms with Crippen LogP contribution in [0.5, 0.6) is 11.5 Å². The average molecular weight is 425 g/mol. The molecular weight excluding hydrogens is 405 g/mol. The summed E-state index contributed by atoms with van der Waals surface area (Å²) in [5.41, 5.74) is 1.69. The highest BCUT2D eigenvalue weighted by Gasteiger charge is 2.40. The van der Waals surface area contributed by atoms with Crippen molar-refractivity contribution in [1.82, 2.24) is 4.90 Å². The van der Waals surface area contributed by atoms with E-state index >= 15 is 0 Å². The number of nitriles is 1. The molecule has 0 N–H and O–H groups in total. The smallest absolute Gasteiger partial charge is 0.229 e. The number of methoxy groups -OCH3 is 2. The van der Waals surface area contributed by atoms with Gasteiger partial charge >= 0.3 is 0 Å². The molecule has 2 aromatic carbocycles. The fraction of sp³-hybridized carbons (Fsp3) is 0.273. The molecule has 0 spiro atoms. The van der Waals surface area contributed by atoms with Gasteiger partial charge in [0.2, 0.25) is 5.91 Å². The third-order valence-electron chi connectivity index (χ3n) is 5.30. The maximum absolute atomic E-state index is 14.2. The van der Waals surface area contributed by atoms with Crippen molar-refractivity contribution in [3.05, 3.63) is 64.4 Å². The second-order valence-corrected chi connectivity index (χ2v) is 7.83. The molecule has 0 bridgehead atoms. The normalized spacial score (nSPS) is 18.7. The van der Waals surface area contributed by atoms with Gasteiger partial charge in [-0.05, 0) is 18.2 Å². The van der Waals surface area contributed by atoms with Gasteiger partial charge in [0, 0.05) is 17.9 Å². The molecule has 1 unspecified atom stereocenters. The first-order valence-corrected chi connectivity index (χ1v) is 10.3. The summed E-state index contributed by atoms with van der Waals surface area (Å²) in [6.07, 6.45) is 0.127. The van der Waals surface area contributed by atoms with E-state index in [1.54, 1.807) is 48.3 Å². The van der Waals surface area contributed by atoms with Crippen LogP contribution in [0, 0.1) is 17.1 Å². The predicted octanol–water partition coefficient (Wildman–Crippen LogP) is 4.06. The minimum Gasteiger partial charge on any atom is -0.493 e. The van der Waals surface area contributed by atoms with Crippen LogP contribution in [0.4, 0.5) is 10.1 Å². The number of amides is 1. The lowest BCUT2D eigenvalue weighted by Crippen LogP contribution is -2.47. The van der Waals surface area contributed by atoms with Gasteiger partial charge < -0.3 is 14.4 Å². The second kappa shape index (κ2) is 8.28. The Morgan fingerprint density at radius 1 is 1.17 bits per heavy atom. The first-order valence-electron chi connectivity index (χ1n) is 9.36. The van der Waals surface area contributed by atoms with Gasteiger partial charge in [-0.15, -0.1) is 0 Å². The van der Waals surface area contributed by atoms with Gasteiger partial charge in [-0.1, -0.05) is 36.0 Å². The van der Waals surface area contributed by atoms with Crippen molar-refractivity contribution in [2.45, 2.75) is 12.3 Å². The van der Waals surface area contributed by atoms with Gasteiger partial charge in [0.1, 0.15) is 5.82 Å². The Bertz CT molecular complexity index is 1070. The largest absolute Gasteiger partial charge is 0.493 e. The highest BCUT2D eigenvalue weighted by molar-refractivity contribution is 8.03. The number of hydrogen-bond donors (Lipinski definition) is 0. The van der Waals surface area contributed by atoms with Crippen LogP contribution in [0.2, 0.25) is 0 Å². The molecule has 2 aliphatic heterocycles. The number of allylic oxidation sites excluding steroid dienone is 1. The molecule has 0 saturated carbocycles. The number of anilines is 1. The zero-order valence-electron chi connectivity index (χ0n) is 16.6. The fourth-order valence-electron chi connectivity index (χ4n) is 3.88. The topological polar surface area (TPSA) is 65.8 Å². The van der Waals surface area contributed by atoms with Crippen LogP contribution in [0.1, 0.15) is 17.9 Å². The van der Waals surface area contributed by atoms with Gasteiger partial charge in [0.05, 0.1) is 49.1 Å². The van der Waals surface area contributed by atoms with Crippen LogP contribution in [-0.2, 0) is 4.79 Å². The number of ether oxygens (including phenoxy) is 2. The first kappa shape index (κ1) is 20.1. The SMILES string of the molecule is COc1cccc(C2CC(=O)N3CN(c4ccccc4F)CSC3=C2C#N)c1OC. The monoisotopic (exact) mass is 425 g/mol. The molecule has 4 rings (SSSR count). The van der Waals surface area contributed by atoms with E-state index in [9.17, 15) is 14.4 Å². The minimum absolute atomic E-state index is 0.118. The van der Waals surface area contributed by atoms with Crippen LogP contribution in [0.25, 0.3) is 0 Å². The van der Waals surface area contributed by atoms with Crippen LogP contribution in [-0.4, -0.2) is 37.6 Å². The van der Waals surface area contributed by atoms with Gasteiger partial charge in [-0.2, -0.15) is 5.26 Å². The number of thioether (sulfide) groups is 1.